The molecule has 0 aliphatic heterocycles. The van der Waals surface area contributed by atoms with Gasteiger partial charge in [-0.25, -0.2) is 4.98 Å². The first-order valence-corrected chi connectivity index (χ1v) is 12.4. The standard InChI is InChI=1S/C22H22F3N3O3S2/c23-22(24,25)12-31-14-5-3-4-13(8-14)9-26-18(29)11-32-10-17-27-20(30)19-15-6-1-2-7-16(15)33-21(19)28-17/h3-5,8H,1-2,6-7,9-12H2,(H,26,29)(H,27,28,30). The third-order valence-electron chi connectivity index (χ3n) is 5.14. The fraction of sp³-hybridized carbons (Fsp3) is 0.409. The summed E-state index contributed by atoms with van der Waals surface area (Å²) in [5.41, 5.74) is 1.65. The molecule has 0 spiro atoms. The van der Waals surface area contributed by atoms with Gasteiger partial charge in [0.2, 0.25) is 5.91 Å². The summed E-state index contributed by atoms with van der Waals surface area (Å²) in [6.45, 7) is -1.19. The number of thiophene rings is 1. The fourth-order valence-electron chi connectivity index (χ4n) is 3.68. The van der Waals surface area contributed by atoms with E-state index in [9.17, 15) is 22.8 Å². The Balaban J connectivity index is 1.27. The number of nitrogens with zero attached hydrogens (tertiary/aromatic N) is 1. The van der Waals surface area contributed by atoms with Crippen molar-refractivity contribution in [1.82, 2.24) is 15.3 Å². The van der Waals surface area contributed by atoms with Gasteiger partial charge in [0.1, 0.15) is 16.4 Å². The molecule has 0 atom stereocenters. The number of aromatic amines is 1. The highest BCUT2D eigenvalue weighted by Crippen LogP contribution is 2.33. The molecule has 2 aromatic heterocycles. The highest BCUT2D eigenvalue weighted by molar-refractivity contribution is 7.99. The van der Waals surface area contributed by atoms with Gasteiger partial charge in [-0.05, 0) is 48.9 Å². The van der Waals surface area contributed by atoms with E-state index < -0.39 is 12.8 Å². The lowest BCUT2D eigenvalue weighted by Crippen LogP contribution is -2.25. The fourth-order valence-corrected chi connectivity index (χ4v) is 5.68. The van der Waals surface area contributed by atoms with E-state index in [1.54, 1.807) is 23.5 Å². The molecule has 3 aromatic rings. The Kier molecular flexibility index (Phi) is 7.28. The number of hydrogen-bond donors (Lipinski definition) is 2. The number of benzene rings is 1. The first-order chi connectivity index (χ1) is 15.8. The molecule has 0 saturated heterocycles. The van der Waals surface area contributed by atoms with Crippen LogP contribution in [0, 0.1) is 0 Å². The van der Waals surface area contributed by atoms with E-state index in [0.29, 0.717) is 22.5 Å². The summed E-state index contributed by atoms with van der Waals surface area (Å²) < 4.78 is 41.6. The highest BCUT2D eigenvalue weighted by atomic mass is 32.2. The van der Waals surface area contributed by atoms with E-state index in [2.05, 4.69) is 15.3 Å². The van der Waals surface area contributed by atoms with Gasteiger partial charge >= 0.3 is 6.18 Å². The summed E-state index contributed by atoms with van der Waals surface area (Å²) in [6, 6.07) is 6.16. The molecule has 1 aliphatic carbocycles. The Hall–Kier alpha value is -2.53. The molecule has 4 rings (SSSR count). The normalized spacial score (nSPS) is 13.7. The molecule has 0 bridgehead atoms. The lowest BCUT2D eigenvalue weighted by molar-refractivity contribution is -0.153. The van der Waals surface area contributed by atoms with Crippen molar-refractivity contribution in [3.63, 3.8) is 0 Å². The predicted octanol–water partition coefficient (Wildman–Crippen LogP) is 4.35. The molecule has 1 aromatic carbocycles. The van der Waals surface area contributed by atoms with Crippen LogP contribution < -0.4 is 15.6 Å². The van der Waals surface area contributed by atoms with Crippen molar-refractivity contribution >= 4 is 39.2 Å². The van der Waals surface area contributed by atoms with Gasteiger partial charge in [-0.2, -0.15) is 13.2 Å². The topological polar surface area (TPSA) is 84.1 Å². The monoisotopic (exact) mass is 497 g/mol. The molecule has 6 nitrogen and oxygen atoms in total. The Labute approximate surface area is 195 Å². The number of aromatic nitrogens is 2. The number of carbonyl (C=O) groups excluding carboxylic acids is 1. The number of thioether (sulfide) groups is 1. The SMILES string of the molecule is O=C(CSCc1nc2sc3c(c2c(=O)[nH]1)CCCC3)NCc1cccc(OCC(F)(F)F)c1. The summed E-state index contributed by atoms with van der Waals surface area (Å²) in [6.07, 6.45) is -0.257. The van der Waals surface area contributed by atoms with Crippen molar-refractivity contribution in [1.29, 1.82) is 0 Å². The van der Waals surface area contributed by atoms with Crippen LogP contribution >= 0.6 is 23.1 Å². The molecule has 0 radical (unpaired) electrons. The maximum atomic E-state index is 12.6. The molecule has 11 heteroatoms. The number of rotatable bonds is 8. The zero-order valence-corrected chi connectivity index (χ0v) is 19.2. The molecular formula is C22H22F3N3O3S2. The van der Waals surface area contributed by atoms with Crippen LogP contribution in [-0.2, 0) is 29.9 Å². The maximum absolute atomic E-state index is 12.6. The predicted molar refractivity (Wildman–Crippen MR) is 123 cm³/mol. The third-order valence-corrected chi connectivity index (χ3v) is 7.27. The third kappa shape index (κ3) is 6.29. The number of H-pyrrole nitrogens is 1. The van der Waals surface area contributed by atoms with Crippen molar-refractivity contribution in [3.8, 4) is 5.75 Å². The van der Waals surface area contributed by atoms with E-state index >= 15 is 0 Å². The summed E-state index contributed by atoms with van der Waals surface area (Å²) in [4.78, 5) is 34.2. The van der Waals surface area contributed by atoms with Gasteiger partial charge < -0.3 is 15.0 Å². The van der Waals surface area contributed by atoms with Crippen LogP contribution in [0.1, 0.15) is 34.7 Å². The lowest BCUT2D eigenvalue weighted by atomic mass is 9.97. The molecule has 0 saturated carbocycles. The maximum Gasteiger partial charge on any atom is 0.422 e. The van der Waals surface area contributed by atoms with Gasteiger partial charge in [-0.1, -0.05) is 12.1 Å². The number of carbonyl (C=O) groups is 1. The average Bonchev–Trinajstić information content (AvgIpc) is 3.15. The van der Waals surface area contributed by atoms with Crippen LogP contribution in [0.4, 0.5) is 13.2 Å². The molecule has 1 aliphatic rings. The van der Waals surface area contributed by atoms with E-state index in [1.165, 1.54) is 28.8 Å². The number of nitrogens with one attached hydrogen (secondary N) is 2. The molecule has 2 heterocycles. The van der Waals surface area contributed by atoms with Crippen LogP contribution in [0.5, 0.6) is 5.75 Å². The van der Waals surface area contributed by atoms with Crippen LogP contribution in [0.3, 0.4) is 0 Å². The van der Waals surface area contributed by atoms with Crippen LogP contribution in [0.15, 0.2) is 29.1 Å². The Morgan fingerprint density at radius 2 is 2.09 bits per heavy atom. The number of halogens is 3. The Morgan fingerprint density at radius 3 is 2.91 bits per heavy atom. The number of ether oxygens (including phenoxy) is 1. The number of hydrogen-bond acceptors (Lipinski definition) is 6. The summed E-state index contributed by atoms with van der Waals surface area (Å²) in [5.74, 6) is 0.957. The van der Waals surface area contributed by atoms with E-state index in [-0.39, 0.29) is 29.5 Å². The molecule has 2 N–H and O–H groups in total. The van der Waals surface area contributed by atoms with Crippen LogP contribution in [0.25, 0.3) is 10.2 Å². The van der Waals surface area contributed by atoms with Crippen LogP contribution in [-0.4, -0.2) is 34.4 Å². The van der Waals surface area contributed by atoms with E-state index in [4.69, 9.17) is 4.74 Å². The van der Waals surface area contributed by atoms with Crippen molar-refractivity contribution < 1.29 is 22.7 Å². The molecule has 176 valence electrons. The first kappa shape index (κ1) is 23.6. The second-order valence-electron chi connectivity index (χ2n) is 7.72. The first-order valence-electron chi connectivity index (χ1n) is 10.4. The second-order valence-corrected chi connectivity index (χ2v) is 9.79. The van der Waals surface area contributed by atoms with Crippen molar-refractivity contribution in [2.75, 3.05) is 12.4 Å². The summed E-state index contributed by atoms with van der Waals surface area (Å²) in [5, 5.41) is 3.44. The minimum absolute atomic E-state index is 0.0918. The van der Waals surface area contributed by atoms with Gasteiger partial charge in [0.25, 0.3) is 5.56 Å². The largest absolute Gasteiger partial charge is 0.484 e. The Morgan fingerprint density at radius 1 is 1.27 bits per heavy atom. The zero-order chi connectivity index (χ0) is 23.4. The summed E-state index contributed by atoms with van der Waals surface area (Å²) in [7, 11) is 0. The van der Waals surface area contributed by atoms with Gasteiger partial charge in [0, 0.05) is 11.4 Å². The lowest BCUT2D eigenvalue weighted by Gasteiger charge is -2.11. The molecule has 0 unspecified atom stereocenters. The number of fused-ring (bicyclic) bond motifs is 3. The highest BCUT2D eigenvalue weighted by Gasteiger charge is 2.28. The number of aryl methyl sites for hydroxylation is 2. The average molecular weight is 498 g/mol. The van der Waals surface area contributed by atoms with Gasteiger partial charge in [-0.3, -0.25) is 9.59 Å². The molecule has 0 fully saturated rings. The van der Waals surface area contributed by atoms with Crippen molar-refractivity contribution in [3.05, 3.63) is 56.4 Å². The molecule has 1 amide bonds. The zero-order valence-electron chi connectivity index (χ0n) is 17.6. The minimum atomic E-state index is -4.41. The van der Waals surface area contributed by atoms with E-state index in [0.717, 1.165) is 36.1 Å². The number of alkyl halides is 3. The molecular weight excluding hydrogens is 475 g/mol. The van der Waals surface area contributed by atoms with Crippen molar-refractivity contribution in [2.24, 2.45) is 0 Å². The van der Waals surface area contributed by atoms with Crippen molar-refractivity contribution in [2.45, 2.75) is 44.2 Å². The molecule has 33 heavy (non-hydrogen) atoms. The van der Waals surface area contributed by atoms with Gasteiger partial charge in [0.05, 0.1) is 16.9 Å². The number of amides is 1. The quantitative estimate of drug-likeness (QED) is 0.483. The Bertz CT molecular complexity index is 1210. The minimum Gasteiger partial charge on any atom is -0.484 e. The van der Waals surface area contributed by atoms with Gasteiger partial charge in [-0.15, -0.1) is 23.1 Å². The van der Waals surface area contributed by atoms with E-state index in [1.807, 2.05) is 0 Å². The smallest absolute Gasteiger partial charge is 0.422 e. The van der Waals surface area contributed by atoms with Crippen LogP contribution in [0.2, 0.25) is 0 Å². The summed E-state index contributed by atoms with van der Waals surface area (Å²) >= 11 is 2.91. The van der Waals surface area contributed by atoms with Gasteiger partial charge in [0.15, 0.2) is 6.61 Å². The second kappa shape index (κ2) is 10.2.